The van der Waals surface area contributed by atoms with Gasteiger partial charge in [0.25, 0.3) is 0 Å². The summed E-state index contributed by atoms with van der Waals surface area (Å²) in [5, 5.41) is 2.92. The largest absolute Gasteiger partial charge is 0.495 e. The van der Waals surface area contributed by atoms with E-state index >= 15 is 0 Å². The van der Waals surface area contributed by atoms with Crippen molar-refractivity contribution in [3.8, 4) is 11.5 Å². The molecule has 0 atom stereocenters. The van der Waals surface area contributed by atoms with Crippen molar-refractivity contribution in [1.29, 1.82) is 0 Å². The minimum Gasteiger partial charge on any atom is -0.495 e. The van der Waals surface area contributed by atoms with Crippen molar-refractivity contribution >= 4 is 33.2 Å². The molecule has 0 spiro atoms. The summed E-state index contributed by atoms with van der Waals surface area (Å²) < 4.78 is 38.5. The number of anilines is 1. The molecule has 1 amide bonds. The predicted octanol–water partition coefficient (Wildman–Crippen LogP) is 4.50. The topological polar surface area (TPSA) is 84.9 Å². The molecule has 0 fully saturated rings. The van der Waals surface area contributed by atoms with Gasteiger partial charge >= 0.3 is 0 Å². The molecule has 7 nitrogen and oxygen atoms in total. The van der Waals surface area contributed by atoms with Crippen LogP contribution in [-0.2, 0) is 21.4 Å². The van der Waals surface area contributed by atoms with Crippen LogP contribution in [0.3, 0.4) is 0 Å². The van der Waals surface area contributed by atoms with Crippen molar-refractivity contribution in [3.63, 3.8) is 0 Å². The second-order valence-electron chi connectivity index (χ2n) is 7.31. The average molecular weight is 489 g/mol. The van der Waals surface area contributed by atoms with E-state index < -0.39 is 22.5 Å². The molecule has 0 radical (unpaired) electrons. The van der Waals surface area contributed by atoms with Gasteiger partial charge in [0.1, 0.15) is 11.5 Å². The number of rotatable bonds is 9. The van der Waals surface area contributed by atoms with E-state index in [1.54, 1.807) is 24.3 Å². The van der Waals surface area contributed by atoms with Crippen molar-refractivity contribution < 1.29 is 22.7 Å². The highest BCUT2D eigenvalue weighted by atomic mass is 35.5. The Balaban J connectivity index is 1.92. The third-order valence-electron chi connectivity index (χ3n) is 4.91. The van der Waals surface area contributed by atoms with E-state index in [4.69, 9.17) is 21.1 Å². The highest BCUT2D eigenvalue weighted by Gasteiger charge is 2.28. The highest BCUT2D eigenvalue weighted by molar-refractivity contribution is 7.89. The lowest BCUT2D eigenvalue weighted by atomic mass is 10.2. The van der Waals surface area contributed by atoms with Crippen LogP contribution in [0.2, 0.25) is 5.02 Å². The number of hydrogen-bond acceptors (Lipinski definition) is 5. The predicted molar refractivity (Wildman–Crippen MR) is 128 cm³/mol. The number of amides is 1. The minimum absolute atomic E-state index is 0.00515. The molecular formula is C24H25ClN2O5S. The maximum atomic E-state index is 13.5. The van der Waals surface area contributed by atoms with E-state index in [9.17, 15) is 13.2 Å². The summed E-state index contributed by atoms with van der Waals surface area (Å²) in [5.74, 6) is 0.334. The molecule has 1 N–H and O–H groups in total. The van der Waals surface area contributed by atoms with Gasteiger partial charge in [-0.25, -0.2) is 8.42 Å². The normalized spacial score (nSPS) is 11.3. The van der Waals surface area contributed by atoms with Gasteiger partial charge in [0.05, 0.1) is 36.4 Å². The maximum Gasteiger partial charge on any atom is 0.243 e. The van der Waals surface area contributed by atoms with E-state index in [1.165, 1.54) is 32.4 Å². The highest BCUT2D eigenvalue weighted by Crippen LogP contribution is 2.29. The van der Waals surface area contributed by atoms with Gasteiger partial charge in [-0.3, -0.25) is 4.79 Å². The maximum absolute atomic E-state index is 13.5. The van der Waals surface area contributed by atoms with Crippen molar-refractivity contribution in [2.45, 2.75) is 18.4 Å². The van der Waals surface area contributed by atoms with Crippen molar-refractivity contribution in [2.24, 2.45) is 0 Å². The molecule has 0 heterocycles. The van der Waals surface area contributed by atoms with Crippen LogP contribution in [0.25, 0.3) is 0 Å². The molecule has 0 aromatic heterocycles. The first-order chi connectivity index (χ1) is 15.7. The number of methoxy groups -OCH3 is 2. The van der Waals surface area contributed by atoms with E-state index in [-0.39, 0.29) is 16.5 Å². The molecule has 3 aromatic carbocycles. The lowest BCUT2D eigenvalue weighted by Crippen LogP contribution is -2.37. The van der Waals surface area contributed by atoms with Crippen molar-refractivity contribution in [2.75, 3.05) is 26.1 Å². The van der Waals surface area contributed by atoms with Gasteiger partial charge in [0.15, 0.2) is 0 Å². The van der Waals surface area contributed by atoms with Gasteiger partial charge in [-0.15, -0.1) is 0 Å². The molecule has 33 heavy (non-hydrogen) atoms. The van der Waals surface area contributed by atoms with Gasteiger partial charge in [-0.1, -0.05) is 48.0 Å². The first-order valence-corrected chi connectivity index (χ1v) is 11.9. The Kier molecular flexibility index (Phi) is 7.97. The molecule has 3 aromatic rings. The molecule has 0 unspecified atom stereocenters. The molecule has 0 aliphatic carbocycles. The second kappa shape index (κ2) is 10.7. The van der Waals surface area contributed by atoms with E-state index in [1.807, 2.05) is 31.2 Å². The van der Waals surface area contributed by atoms with Crippen LogP contribution in [0.1, 0.15) is 11.1 Å². The molecule has 0 saturated heterocycles. The number of nitrogens with one attached hydrogen (secondary N) is 1. The molecule has 9 heteroatoms. The van der Waals surface area contributed by atoms with Crippen LogP contribution in [-0.4, -0.2) is 39.4 Å². The number of ether oxygens (including phenoxy) is 2. The number of benzene rings is 3. The lowest BCUT2D eigenvalue weighted by molar-refractivity contribution is -0.116. The Morgan fingerprint density at radius 1 is 0.970 bits per heavy atom. The molecule has 0 aliphatic rings. The van der Waals surface area contributed by atoms with Crippen LogP contribution in [0.5, 0.6) is 11.5 Å². The molecular weight excluding hydrogens is 464 g/mol. The SMILES string of the molecule is COc1ccc(S(=O)(=O)N(CC(=O)Nc2cc(C)ccc2OC)Cc2ccccc2)cc1Cl. The van der Waals surface area contributed by atoms with Gasteiger partial charge < -0.3 is 14.8 Å². The Labute approximate surface area is 198 Å². The number of nitrogens with zero attached hydrogens (tertiary/aromatic N) is 1. The van der Waals surface area contributed by atoms with Crippen LogP contribution in [0.4, 0.5) is 5.69 Å². The molecule has 0 aliphatic heterocycles. The summed E-state index contributed by atoms with van der Waals surface area (Å²) in [6.07, 6.45) is 0. The fourth-order valence-corrected chi connectivity index (χ4v) is 4.97. The van der Waals surface area contributed by atoms with Gasteiger partial charge in [-0.2, -0.15) is 4.31 Å². The van der Waals surface area contributed by atoms with Crippen LogP contribution in [0, 0.1) is 6.92 Å². The van der Waals surface area contributed by atoms with Gasteiger partial charge in [0, 0.05) is 6.54 Å². The molecule has 3 rings (SSSR count). The molecule has 0 saturated carbocycles. The standard InChI is InChI=1S/C24H25ClN2O5S/c1-17-9-11-23(32-3)21(13-17)26-24(28)16-27(15-18-7-5-4-6-8-18)33(29,30)19-10-12-22(31-2)20(25)14-19/h4-14H,15-16H2,1-3H3,(H,26,28). The zero-order valence-electron chi connectivity index (χ0n) is 18.5. The van der Waals surface area contributed by atoms with Crippen LogP contribution < -0.4 is 14.8 Å². The summed E-state index contributed by atoms with van der Waals surface area (Å²) >= 11 is 6.16. The van der Waals surface area contributed by atoms with Crippen molar-refractivity contribution in [3.05, 3.63) is 82.9 Å². The first-order valence-electron chi connectivity index (χ1n) is 10.1. The zero-order chi connectivity index (χ0) is 24.0. The quantitative estimate of drug-likeness (QED) is 0.479. The van der Waals surface area contributed by atoms with Gasteiger partial charge in [0.2, 0.25) is 15.9 Å². The third kappa shape index (κ3) is 6.04. The fraction of sp³-hybridized carbons (Fsp3) is 0.208. The van der Waals surface area contributed by atoms with E-state index in [0.717, 1.165) is 15.4 Å². The smallest absolute Gasteiger partial charge is 0.243 e. The molecule has 174 valence electrons. The van der Waals surface area contributed by atoms with E-state index in [2.05, 4.69) is 5.32 Å². The summed E-state index contributed by atoms with van der Waals surface area (Å²) in [5.41, 5.74) is 2.13. The Hall–Kier alpha value is -3.07. The number of sulfonamides is 1. The monoisotopic (exact) mass is 488 g/mol. The molecule has 0 bridgehead atoms. The fourth-order valence-electron chi connectivity index (χ4n) is 3.24. The number of halogens is 1. The lowest BCUT2D eigenvalue weighted by Gasteiger charge is -2.22. The third-order valence-corrected chi connectivity index (χ3v) is 6.99. The Morgan fingerprint density at radius 2 is 1.64 bits per heavy atom. The number of carbonyl (C=O) groups excluding carboxylic acids is 1. The number of carbonyl (C=O) groups is 1. The van der Waals surface area contributed by atoms with Crippen molar-refractivity contribution in [1.82, 2.24) is 4.31 Å². The minimum atomic E-state index is -4.06. The zero-order valence-corrected chi connectivity index (χ0v) is 20.1. The average Bonchev–Trinajstić information content (AvgIpc) is 2.79. The van der Waals surface area contributed by atoms with Crippen LogP contribution in [0.15, 0.2) is 71.6 Å². The first kappa shape index (κ1) is 24.6. The Bertz CT molecular complexity index is 1230. The summed E-state index contributed by atoms with van der Waals surface area (Å²) in [6.45, 7) is 1.48. The van der Waals surface area contributed by atoms with Gasteiger partial charge in [-0.05, 0) is 48.4 Å². The second-order valence-corrected chi connectivity index (χ2v) is 9.65. The summed E-state index contributed by atoms with van der Waals surface area (Å²) in [6, 6.07) is 18.6. The summed E-state index contributed by atoms with van der Waals surface area (Å²) in [4.78, 5) is 12.9. The number of aryl methyl sites for hydroxylation is 1. The summed E-state index contributed by atoms with van der Waals surface area (Å²) in [7, 11) is -1.11. The van der Waals surface area contributed by atoms with E-state index in [0.29, 0.717) is 17.2 Å². The number of hydrogen-bond donors (Lipinski definition) is 1. The van der Waals surface area contributed by atoms with Crippen LogP contribution >= 0.6 is 11.6 Å². The Morgan fingerprint density at radius 3 is 2.27 bits per heavy atom.